The molecule has 4 atom stereocenters. The molecule has 2 aliphatic heterocycles. The van der Waals surface area contributed by atoms with Gasteiger partial charge in [-0.25, -0.2) is 17.2 Å². The van der Waals surface area contributed by atoms with Gasteiger partial charge < -0.3 is 15.6 Å². The number of nitrogens with zero attached hydrogens (tertiary/aromatic N) is 3. The van der Waals surface area contributed by atoms with Crippen molar-refractivity contribution in [2.75, 3.05) is 6.26 Å². The molecule has 0 unspecified atom stereocenters. The second kappa shape index (κ2) is 9.56. The molecular formula is C19H21F5N4O5S. The van der Waals surface area contributed by atoms with Crippen molar-refractivity contribution in [3.63, 3.8) is 0 Å². The number of halogens is 5. The minimum atomic E-state index is -4.79. The lowest BCUT2D eigenvalue weighted by Crippen LogP contribution is -2.58. The Hall–Kier alpha value is -2.62. The Labute approximate surface area is 190 Å². The minimum absolute atomic E-state index is 0.0236. The van der Waals surface area contributed by atoms with Gasteiger partial charge in [-0.3, -0.25) is 9.69 Å². The lowest BCUT2D eigenvalue weighted by atomic mass is 9.89. The Morgan fingerprint density at radius 3 is 2.47 bits per heavy atom. The fourth-order valence-corrected chi connectivity index (χ4v) is 4.67. The maximum Gasteiger partial charge on any atom is 0.416 e. The van der Waals surface area contributed by atoms with Crippen molar-refractivity contribution in [1.29, 1.82) is 0 Å². The Balaban J connectivity index is 0.00000103. The first kappa shape index (κ1) is 26.0. The van der Waals surface area contributed by atoms with Crippen molar-refractivity contribution in [3.8, 4) is 0 Å². The van der Waals surface area contributed by atoms with Gasteiger partial charge in [0.1, 0.15) is 17.7 Å². The minimum Gasteiger partial charge on any atom is -0.483 e. The van der Waals surface area contributed by atoms with Crippen LogP contribution in [0.5, 0.6) is 0 Å². The molecule has 0 saturated carbocycles. The zero-order valence-electron chi connectivity index (χ0n) is 17.6. The van der Waals surface area contributed by atoms with E-state index in [9.17, 15) is 30.4 Å². The predicted octanol–water partition coefficient (Wildman–Crippen LogP) is 1.77. The number of hydrogen-bond acceptors (Lipinski definition) is 7. The van der Waals surface area contributed by atoms with E-state index in [-0.39, 0.29) is 31.5 Å². The quantitative estimate of drug-likeness (QED) is 0.471. The van der Waals surface area contributed by atoms with E-state index in [0.29, 0.717) is 11.3 Å². The first-order valence-electron chi connectivity index (χ1n) is 9.78. The molecule has 1 aromatic carbocycles. The molecule has 2 aliphatic rings. The summed E-state index contributed by atoms with van der Waals surface area (Å²) in [6.45, 7) is -0.249. The second-order valence-electron chi connectivity index (χ2n) is 7.90. The van der Waals surface area contributed by atoms with E-state index < -0.39 is 52.1 Å². The summed E-state index contributed by atoms with van der Waals surface area (Å²) in [4.78, 5) is 9.82. The van der Waals surface area contributed by atoms with E-state index >= 15 is 0 Å². The van der Waals surface area contributed by atoms with Crippen LogP contribution >= 0.6 is 0 Å². The lowest BCUT2D eigenvalue weighted by Gasteiger charge is -2.44. The van der Waals surface area contributed by atoms with E-state index in [4.69, 9.17) is 20.4 Å². The third kappa shape index (κ3) is 5.37. The predicted molar refractivity (Wildman–Crippen MR) is 107 cm³/mol. The first-order valence-corrected chi connectivity index (χ1v) is 11.6. The summed E-state index contributed by atoms with van der Waals surface area (Å²) in [5, 5.41) is 10.8. The highest BCUT2D eigenvalue weighted by molar-refractivity contribution is 7.89. The fourth-order valence-electron chi connectivity index (χ4n) is 4.10. The Morgan fingerprint density at radius 1 is 1.26 bits per heavy atom. The smallest absolute Gasteiger partial charge is 0.416 e. The third-order valence-electron chi connectivity index (χ3n) is 5.52. The summed E-state index contributed by atoms with van der Waals surface area (Å²) < 4.78 is 98.6. The third-order valence-corrected chi connectivity index (χ3v) is 6.39. The average Bonchev–Trinajstić information content (AvgIpc) is 3.29. The van der Waals surface area contributed by atoms with Crippen LogP contribution < -0.4 is 5.73 Å². The standard InChI is InChI=1S/C18H19F5N4O3S.CH2O2/c1-31(28,29)27-7-9-6-26(8-14(9)25-27)15-5-13(24)16(30-17(15)18(21,22)23)11-4-10(19)2-3-12(11)20;2-1-3/h2-4,7,13,15-17H,5-6,8,24H2,1H3;1H,(H,2,3)/t13-,15+,16+,17-;/m0./s1. The summed E-state index contributed by atoms with van der Waals surface area (Å²) in [6.07, 6.45) is -6.53. The Bertz CT molecular complexity index is 1130. The molecule has 0 aliphatic carbocycles. The largest absolute Gasteiger partial charge is 0.483 e. The SMILES string of the molecule is CS(=O)(=O)n1cc2c(n1)CN([C@@H]1C[C@H](N)[C@@H](c3cc(F)ccc3F)O[C@@H]1C(F)(F)F)C2.O=CO. The summed E-state index contributed by atoms with van der Waals surface area (Å²) in [7, 11) is -3.62. The van der Waals surface area contributed by atoms with Gasteiger partial charge in [-0.05, 0) is 24.6 Å². The van der Waals surface area contributed by atoms with Gasteiger partial charge in [0.25, 0.3) is 16.5 Å². The number of rotatable bonds is 3. The zero-order valence-corrected chi connectivity index (χ0v) is 18.4. The molecule has 1 aromatic heterocycles. The van der Waals surface area contributed by atoms with Gasteiger partial charge in [-0.15, -0.1) is 0 Å². The number of nitrogens with two attached hydrogens (primary N) is 1. The maximum atomic E-state index is 14.2. The molecule has 34 heavy (non-hydrogen) atoms. The van der Waals surface area contributed by atoms with Crippen LogP contribution in [0.2, 0.25) is 0 Å². The van der Waals surface area contributed by atoms with Crippen molar-refractivity contribution in [2.45, 2.75) is 50.0 Å². The van der Waals surface area contributed by atoms with Gasteiger partial charge in [0.05, 0.1) is 11.9 Å². The highest BCUT2D eigenvalue weighted by Gasteiger charge is 2.54. The number of carbonyl (C=O) groups is 1. The molecule has 0 bridgehead atoms. The molecule has 1 saturated heterocycles. The van der Waals surface area contributed by atoms with E-state index in [1.54, 1.807) is 0 Å². The van der Waals surface area contributed by atoms with Crippen LogP contribution in [-0.4, -0.2) is 64.7 Å². The van der Waals surface area contributed by atoms with Crippen LogP contribution in [0.25, 0.3) is 0 Å². The van der Waals surface area contributed by atoms with E-state index in [0.717, 1.165) is 28.5 Å². The highest BCUT2D eigenvalue weighted by atomic mass is 32.2. The average molecular weight is 512 g/mol. The number of carboxylic acid groups (broad SMARTS) is 1. The van der Waals surface area contributed by atoms with Crippen LogP contribution in [0.15, 0.2) is 24.4 Å². The van der Waals surface area contributed by atoms with Crippen LogP contribution in [0.4, 0.5) is 22.0 Å². The van der Waals surface area contributed by atoms with Crippen LogP contribution in [0.3, 0.4) is 0 Å². The molecule has 4 rings (SSSR count). The van der Waals surface area contributed by atoms with Crippen LogP contribution in [0.1, 0.15) is 29.3 Å². The van der Waals surface area contributed by atoms with E-state index in [1.807, 2.05) is 0 Å². The Morgan fingerprint density at radius 2 is 1.91 bits per heavy atom. The van der Waals surface area contributed by atoms with Gasteiger partial charge in [-0.2, -0.15) is 22.4 Å². The first-order chi connectivity index (χ1) is 15.8. The van der Waals surface area contributed by atoms with Crippen LogP contribution in [-0.2, 0) is 32.6 Å². The molecule has 0 radical (unpaired) electrons. The molecule has 3 N–H and O–H groups in total. The molecule has 0 amide bonds. The summed E-state index contributed by atoms with van der Waals surface area (Å²) in [5.41, 5.74) is 6.51. The van der Waals surface area contributed by atoms with E-state index in [1.165, 1.54) is 11.1 Å². The van der Waals surface area contributed by atoms with Crippen molar-refractivity contribution < 1.29 is 45.0 Å². The van der Waals surface area contributed by atoms with Gasteiger partial charge in [0.2, 0.25) is 0 Å². The molecule has 3 heterocycles. The van der Waals surface area contributed by atoms with Gasteiger partial charge in [0, 0.05) is 42.5 Å². The number of benzene rings is 1. The molecule has 1 fully saturated rings. The summed E-state index contributed by atoms with van der Waals surface area (Å²) in [5.74, 6) is -1.72. The topological polar surface area (TPSA) is 128 Å². The molecule has 188 valence electrons. The zero-order chi connectivity index (χ0) is 25.4. The second-order valence-corrected chi connectivity index (χ2v) is 9.74. The monoisotopic (exact) mass is 512 g/mol. The number of hydrogen-bond donors (Lipinski definition) is 2. The molecule has 9 nitrogen and oxygen atoms in total. The van der Waals surface area contributed by atoms with Gasteiger partial charge >= 0.3 is 6.18 Å². The number of ether oxygens (including phenoxy) is 1. The molecule has 15 heteroatoms. The van der Waals surface area contributed by atoms with E-state index in [2.05, 4.69) is 5.10 Å². The van der Waals surface area contributed by atoms with Crippen molar-refractivity contribution in [3.05, 3.63) is 52.9 Å². The highest BCUT2D eigenvalue weighted by Crippen LogP contribution is 2.42. The molecule has 2 aromatic rings. The Kier molecular flexibility index (Phi) is 7.31. The van der Waals surface area contributed by atoms with Gasteiger partial charge in [-0.1, -0.05) is 0 Å². The molecule has 0 spiro atoms. The summed E-state index contributed by atoms with van der Waals surface area (Å²) >= 11 is 0. The maximum absolute atomic E-state index is 14.2. The number of alkyl halides is 3. The van der Waals surface area contributed by atoms with Crippen molar-refractivity contribution in [1.82, 2.24) is 14.1 Å². The fraction of sp³-hybridized carbons (Fsp3) is 0.474. The molecular weight excluding hydrogens is 491 g/mol. The lowest BCUT2D eigenvalue weighted by molar-refractivity contribution is -0.269. The number of fused-ring (bicyclic) bond motifs is 1. The van der Waals surface area contributed by atoms with Crippen molar-refractivity contribution >= 4 is 16.5 Å². The summed E-state index contributed by atoms with van der Waals surface area (Å²) in [6, 6.07) is 0.226. The van der Waals surface area contributed by atoms with Gasteiger partial charge in [0.15, 0.2) is 6.10 Å². The van der Waals surface area contributed by atoms with Crippen molar-refractivity contribution in [2.24, 2.45) is 5.73 Å². The van der Waals surface area contributed by atoms with Crippen LogP contribution in [0, 0.1) is 11.6 Å². The normalized spacial score (nSPS) is 25.4. The number of aromatic nitrogens is 2.